The molecule has 1 N–H and O–H groups in total. The molecule has 0 spiro atoms. The van der Waals surface area contributed by atoms with Crippen LogP contribution in [0.2, 0.25) is 16.6 Å². The van der Waals surface area contributed by atoms with Crippen molar-refractivity contribution >= 4 is 8.32 Å². The topological polar surface area (TPSA) is 38.7 Å². The summed E-state index contributed by atoms with van der Waals surface area (Å²) in [6.07, 6.45) is 2.77. The fraction of sp³-hybridized carbons (Fsp3) is 0.680. The molecule has 166 valence electrons. The van der Waals surface area contributed by atoms with Crippen molar-refractivity contribution in [3.8, 4) is 0 Å². The van der Waals surface area contributed by atoms with E-state index in [0.717, 1.165) is 5.56 Å². The van der Waals surface area contributed by atoms with Gasteiger partial charge in [-0.05, 0) is 40.9 Å². The van der Waals surface area contributed by atoms with Crippen LogP contribution in [0.3, 0.4) is 0 Å². The average molecular weight is 421 g/mol. The Morgan fingerprint density at radius 1 is 0.966 bits per heavy atom. The van der Waals surface area contributed by atoms with Crippen LogP contribution in [0.5, 0.6) is 0 Å². The molecule has 29 heavy (non-hydrogen) atoms. The van der Waals surface area contributed by atoms with E-state index in [-0.39, 0.29) is 12.0 Å². The predicted molar refractivity (Wildman–Crippen MR) is 127 cm³/mol. The van der Waals surface area contributed by atoms with Crippen LogP contribution in [-0.2, 0) is 15.8 Å². The van der Waals surface area contributed by atoms with E-state index in [4.69, 9.17) is 9.16 Å². The van der Waals surface area contributed by atoms with Crippen LogP contribution in [-0.4, -0.2) is 32.2 Å². The van der Waals surface area contributed by atoms with Gasteiger partial charge in [-0.2, -0.15) is 0 Å². The summed E-state index contributed by atoms with van der Waals surface area (Å²) in [6.45, 7) is 21.1. The molecule has 0 radical (unpaired) electrons. The van der Waals surface area contributed by atoms with Gasteiger partial charge in [0.1, 0.15) is 0 Å². The first-order valence-electron chi connectivity index (χ1n) is 11.2. The Hall–Kier alpha value is -0.943. The molecule has 0 aliphatic carbocycles. The second-order valence-corrected chi connectivity index (χ2v) is 14.7. The van der Waals surface area contributed by atoms with Crippen LogP contribution < -0.4 is 0 Å². The monoisotopic (exact) mass is 420 g/mol. The summed E-state index contributed by atoms with van der Waals surface area (Å²) in [5.74, 6) is 0.206. The normalized spacial score (nSPS) is 15.7. The van der Waals surface area contributed by atoms with Gasteiger partial charge in [0.05, 0.1) is 18.8 Å². The molecule has 4 heteroatoms. The number of aliphatic hydroxyl groups is 1. The molecule has 1 aromatic rings. The maximum Gasteiger partial charge on any atom is 0.200 e. The van der Waals surface area contributed by atoms with Gasteiger partial charge in [-0.15, -0.1) is 6.58 Å². The number of aliphatic hydroxyl groups excluding tert-OH is 1. The van der Waals surface area contributed by atoms with Gasteiger partial charge in [0.25, 0.3) is 0 Å². The third-order valence-electron chi connectivity index (χ3n) is 6.23. The van der Waals surface area contributed by atoms with Gasteiger partial charge in [0.2, 0.25) is 8.32 Å². The van der Waals surface area contributed by atoms with Crippen molar-refractivity contribution in [2.24, 2.45) is 5.92 Å². The van der Waals surface area contributed by atoms with E-state index in [1.165, 1.54) is 0 Å². The summed E-state index contributed by atoms with van der Waals surface area (Å²) in [4.78, 5) is 0. The summed E-state index contributed by atoms with van der Waals surface area (Å²) in [7, 11) is -2.01. The highest BCUT2D eigenvalue weighted by Gasteiger charge is 2.47. The van der Waals surface area contributed by atoms with Crippen molar-refractivity contribution in [1.82, 2.24) is 0 Å². The highest BCUT2D eigenvalue weighted by Crippen LogP contribution is 2.44. The summed E-state index contributed by atoms with van der Waals surface area (Å²) in [5.41, 5.74) is 2.72. The number of hydrogen-bond donors (Lipinski definition) is 1. The number of hydrogen-bond acceptors (Lipinski definition) is 3. The minimum Gasteiger partial charge on any atom is -0.412 e. The van der Waals surface area contributed by atoms with Gasteiger partial charge in [0.15, 0.2) is 0 Å². The highest BCUT2D eigenvalue weighted by molar-refractivity contribution is 6.77. The third-order valence-corrected chi connectivity index (χ3v) is 12.4. The standard InChI is InChI=1S/C25H44O3Si/c1-9-22(8)25(28-29(19(2)3,20(4)5)21(6)7)17-24(26)15-16-27-18-23-13-11-10-12-14-23/h9-14,19-22,24-26H,1,15-18H2,2-8H3/t22-,24+,25+/m1/s1. The molecule has 0 saturated carbocycles. The Bertz CT molecular complexity index is 549. The molecular weight excluding hydrogens is 376 g/mol. The van der Waals surface area contributed by atoms with E-state index in [2.05, 4.69) is 67.2 Å². The molecule has 3 nitrogen and oxygen atoms in total. The molecule has 0 saturated heterocycles. The first-order valence-corrected chi connectivity index (χ1v) is 13.4. The van der Waals surface area contributed by atoms with Crippen LogP contribution in [0.25, 0.3) is 0 Å². The zero-order chi connectivity index (χ0) is 22.0. The zero-order valence-electron chi connectivity index (χ0n) is 19.7. The van der Waals surface area contributed by atoms with Gasteiger partial charge in [-0.25, -0.2) is 0 Å². The lowest BCUT2D eigenvalue weighted by Gasteiger charge is -2.46. The van der Waals surface area contributed by atoms with Crippen LogP contribution >= 0.6 is 0 Å². The minimum atomic E-state index is -2.01. The van der Waals surface area contributed by atoms with Gasteiger partial charge < -0.3 is 14.3 Å². The summed E-state index contributed by atoms with van der Waals surface area (Å²) >= 11 is 0. The first-order chi connectivity index (χ1) is 13.6. The molecule has 0 aromatic heterocycles. The molecule has 0 aliphatic heterocycles. The van der Waals surface area contributed by atoms with E-state index in [9.17, 15) is 5.11 Å². The van der Waals surface area contributed by atoms with Crippen molar-refractivity contribution in [1.29, 1.82) is 0 Å². The van der Waals surface area contributed by atoms with Gasteiger partial charge in [-0.3, -0.25) is 0 Å². The summed E-state index contributed by atoms with van der Waals surface area (Å²) in [5, 5.41) is 10.7. The maximum atomic E-state index is 10.7. The lowest BCUT2D eigenvalue weighted by Crippen LogP contribution is -2.51. The molecule has 0 bridgehead atoms. The Balaban J connectivity index is 2.70. The fourth-order valence-corrected chi connectivity index (χ4v) is 10.2. The highest BCUT2D eigenvalue weighted by atomic mass is 28.4. The molecule has 0 fully saturated rings. The SMILES string of the molecule is C=C[C@@H](C)[C@H](C[C@@H](O)CCOCc1ccccc1)O[Si](C(C)C)(C(C)C)C(C)C. The molecule has 1 rings (SSSR count). The molecular formula is C25H44O3Si. The van der Waals surface area contributed by atoms with Gasteiger partial charge >= 0.3 is 0 Å². The quantitative estimate of drug-likeness (QED) is 0.206. The number of benzene rings is 1. The molecule has 0 heterocycles. The smallest absolute Gasteiger partial charge is 0.200 e. The van der Waals surface area contributed by atoms with Gasteiger partial charge in [-0.1, -0.05) is 84.9 Å². The zero-order valence-corrected chi connectivity index (χ0v) is 20.7. The lowest BCUT2D eigenvalue weighted by molar-refractivity contribution is 0.0339. The van der Waals surface area contributed by atoms with E-state index >= 15 is 0 Å². The van der Waals surface area contributed by atoms with Crippen molar-refractivity contribution in [3.63, 3.8) is 0 Å². The Morgan fingerprint density at radius 3 is 2.00 bits per heavy atom. The maximum absolute atomic E-state index is 10.7. The van der Waals surface area contributed by atoms with Crippen LogP contribution in [0.1, 0.15) is 66.9 Å². The summed E-state index contributed by atoms with van der Waals surface area (Å²) in [6, 6.07) is 10.1. The molecule has 0 unspecified atom stereocenters. The number of rotatable bonds is 14. The second-order valence-electron chi connectivity index (χ2n) is 9.29. The van der Waals surface area contributed by atoms with Crippen LogP contribution in [0, 0.1) is 5.92 Å². The number of ether oxygens (including phenoxy) is 1. The van der Waals surface area contributed by atoms with E-state index < -0.39 is 14.4 Å². The van der Waals surface area contributed by atoms with Gasteiger partial charge in [0, 0.05) is 6.61 Å². The second kappa shape index (κ2) is 12.7. The van der Waals surface area contributed by atoms with E-state index in [1.54, 1.807) is 0 Å². The Morgan fingerprint density at radius 2 is 1.52 bits per heavy atom. The molecule has 3 atom stereocenters. The fourth-order valence-electron chi connectivity index (χ4n) is 4.56. The van der Waals surface area contributed by atoms with Crippen molar-refractivity contribution < 1.29 is 14.3 Å². The molecule has 0 amide bonds. The molecule has 1 aromatic carbocycles. The third kappa shape index (κ3) is 7.67. The first kappa shape index (κ1) is 26.1. The average Bonchev–Trinajstić information content (AvgIpc) is 2.67. The largest absolute Gasteiger partial charge is 0.412 e. The minimum absolute atomic E-state index is 0.00418. The van der Waals surface area contributed by atoms with Crippen molar-refractivity contribution in [2.75, 3.05) is 6.61 Å². The van der Waals surface area contributed by atoms with E-state index in [0.29, 0.717) is 42.7 Å². The van der Waals surface area contributed by atoms with E-state index in [1.807, 2.05) is 24.3 Å². The Kier molecular flexibility index (Phi) is 11.4. The summed E-state index contributed by atoms with van der Waals surface area (Å²) < 4.78 is 12.8. The van der Waals surface area contributed by atoms with Crippen molar-refractivity contribution in [3.05, 3.63) is 48.6 Å². The van der Waals surface area contributed by atoms with Crippen molar-refractivity contribution in [2.45, 2.75) is 96.7 Å². The van der Waals surface area contributed by atoms with Crippen LogP contribution in [0.15, 0.2) is 43.0 Å². The predicted octanol–water partition coefficient (Wildman–Crippen LogP) is 6.73. The molecule has 0 aliphatic rings. The lowest BCUT2D eigenvalue weighted by atomic mass is 9.98. The van der Waals surface area contributed by atoms with Crippen LogP contribution in [0.4, 0.5) is 0 Å². The Labute approximate surface area is 180 Å².